The smallest absolute Gasteiger partial charge is 0.164 e. The van der Waals surface area contributed by atoms with E-state index in [1.54, 1.807) is 6.33 Å². The van der Waals surface area contributed by atoms with Gasteiger partial charge in [-0.15, -0.1) is 0 Å². The summed E-state index contributed by atoms with van der Waals surface area (Å²) in [5.74, 6) is 1.82. The van der Waals surface area contributed by atoms with E-state index < -0.39 is 0 Å². The first kappa shape index (κ1) is 15.5. The van der Waals surface area contributed by atoms with Crippen LogP contribution in [0, 0.1) is 13.8 Å². The fourth-order valence-corrected chi connectivity index (χ4v) is 2.51. The van der Waals surface area contributed by atoms with Crippen molar-refractivity contribution in [3.05, 3.63) is 41.0 Å². The minimum atomic E-state index is 0.451. The third kappa shape index (κ3) is 3.82. The van der Waals surface area contributed by atoms with Crippen molar-refractivity contribution in [1.29, 1.82) is 0 Å². The van der Waals surface area contributed by atoms with Gasteiger partial charge < -0.3 is 10.1 Å². The van der Waals surface area contributed by atoms with E-state index in [9.17, 15) is 0 Å². The lowest BCUT2D eigenvalue weighted by Crippen LogP contribution is -2.10. The van der Waals surface area contributed by atoms with Crippen molar-refractivity contribution in [2.45, 2.75) is 46.9 Å². The van der Waals surface area contributed by atoms with Gasteiger partial charge in [-0.2, -0.15) is 5.10 Å². The Labute approximate surface area is 126 Å². The fourth-order valence-electron chi connectivity index (χ4n) is 2.51. The van der Waals surface area contributed by atoms with Crippen LogP contribution in [0.5, 0.6) is 5.75 Å². The lowest BCUT2D eigenvalue weighted by Gasteiger charge is -2.14. The molecule has 1 N–H and O–H groups in total. The molecule has 114 valence electrons. The summed E-state index contributed by atoms with van der Waals surface area (Å²) in [4.78, 5) is 4.27. The van der Waals surface area contributed by atoms with Crippen LogP contribution in [-0.2, 0) is 19.7 Å². The van der Waals surface area contributed by atoms with Crippen molar-refractivity contribution >= 4 is 0 Å². The van der Waals surface area contributed by atoms with Crippen LogP contribution in [0.4, 0.5) is 0 Å². The van der Waals surface area contributed by atoms with Gasteiger partial charge in [-0.25, -0.2) is 9.67 Å². The lowest BCUT2D eigenvalue weighted by molar-refractivity contribution is 0.282. The van der Waals surface area contributed by atoms with E-state index in [0.29, 0.717) is 6.61 Å². The molecule has 0 amide bonds. The maximum atomic E-state index is 5.99. The standard InChI is InChI=1S/C16H24N4O/c1-5-6-20-15(18-11-19-20)10-21-16-12(2)7-14(9-17-4)8-13(16)3/h7-8,11,17H,5-6,9-10H2,1-4H3. The van der Waals surface area contributed by atoms with Gasteiger partial charge in [0.25, 0.3) is 0 Å². The third-order valence-corrected chi connectivity index (χ3v) is 3.38. The largest absolute Gasteiger partial charge is 0.485 e. The van der Waals surface area contributed by atoms with E-state index in [-0.39, 0.29) is 0 Å². The molecule has 0 aliphatic rings. The first-order valence-electron chi connectivity index (χ1n) is 7.40. The summed E-state index contributed by atoms with van der Waals surface area (Å²) >= 11 is 0. The Morgan fingerprint density at radius 3 is 2.57 bits per heavy atom. The molecule has 1 aromatic carbocycles. The maximum Gasteiger partial charge on any atom is 0.164 e. The highest BCUT2D eigenvalue weighted by atomic mass is 16.5. The van der Waals surface area contributed by atoms with Crippen molar-refractivity contribution in [1.82, 2.24) is 20.1 Å². The number of rotatable bonds is 7. The molecule has 0 unspecified atom stereocenters. The highest BCUT2D eigenvalue weighted by Gasteiger charge is 2.09. The minimum absolute atomic E-state index is 0.451. The van der Waals surface area contributed by atoms with Crippen LogP contribution in [0.1, 0.15) is 35.9 Å². The molecule has 0 atom stereocenters. The summed E-state index contributed by atoms with van der Waals surface area (Å²) in [6.45, 7) is 8.48. The zero-order valence-electron chi connectivity index (χ0n) is 13.3. The van der Waals surface area contributed by atoms with E-state index in [1.165, 1.54) is 5.56 Å². The Morgan fingerprint density at radius 2 is 1.95 bits per heavy atom. The molecule has 0 aliphatic carbocycles. The van der Waals surface area contributed by atoms with Crippen molar-refractivity contribution in [3.8, 4) is 5.75 Å². The predicted octanol–water partition coefficient (Wildman–Crippen LogP) is 2.60. The van der Waals surface area contributed by atoms with E-state index >= 15 is 0 Å². The molecule has 1 aromatic heterocycles. The summed E-state index contributed by atoms with van der Waals surface area (Å²) in [6.07, 6.45) is 2.62. The van der Waals surface area contributed by atoms with Crippen LogP contribution < -0.4 is 10.1 Å². The first-order chi connectivity index (χ1) is 10.2. The number of benzene rings is 1. The number of aryl methyl sites for hydroxylation is 3. The van der Waals surface area contributed by atoms with Crippen molar-refractivity contribution in [3.63, 3.8) is 0 Å². The van der Waals surface area contributed by atoms with Gasteiger partial charge in [0.1, 0.15) is 18.7 Å². The van der Waals surface area contributed by atoms with Crippen LogP contribution in [-0.4, -0.2) is 21.8 Å². The minimum Gasteiger partial charge on any atom is -0.485 e. The Bertz CT molecular complexity index is 569. The molecule has 1 heterocycles. The topological polar surface area (TPSA) is 52.0 Å². The highest BCUT2D eigenvalue weighted by Crippen LogP contribution is 2.25. The number of nitrogens with zero attached hydrogens (tertiary/aromatic N) is 3. The first-order valence-corrected chi connectivity index (χ1v) is 7.40. The predicted molar refractivity (Wildman–Crippen MR) is 83.3 cm³/mol. The average molecular weight is 288 g/mol. The Morgan fingerprint density at radius 1 is 1.24 bits per heavy atom. The number of ether oxygens (including phenoxy) is 1. The van der Waals surface area contributed by atoms with Gasteiger partial charge in [-0.05, 0) is 44.0 Å². The average Bonchev–Trinajstić information content (AvgIpc) is 2.86. The van der Waals surface area contributed by atoms with Gasteiger partial charge in [-0.1, -0.05) is 19.1 Å². The summed E-state index contributed by atoms with van der Waals surface area (Å²) in [5.41, 5.74) is 3.58. The molecule has 2 aromatic rings. The van der Waals surface area contributed by atoms with Crippen LogP contribution in [0.3, 0.4) is 0 Å². The van der Waals surface area contributed by atoms with E-state index in [2.05, 4.69) is 48.3 Å². The zero-order chi connectivity index (χ0) is 15.2. The number of aromatic nitrogens is 3. The second-order valence-electron chi connectivity index (χ2n) is 5.28. The van der Waals surface area contributed by atoms with Gasteiger partial charge in [-0.3, -0.25) is 0 Å². The normalized spacial score (nSPS) is 10.9. The summed E-state index contributed by atoms with van der Waals surface area (Å²) < 4.78 is 7.89. The molecule has 5 nitrogen and oxygen atoms in total. The molecule has 0 spiro atoms. The van der Waals surface area contributed by atoms with Gasteiger partial charge >= 0.3 is 0 Å². The molecule has 2 rings (SSSR count). The van der Waals surface area contributed by atoms with Crippen LogP contribution in [0.25, 0.3) is 0 Å². The molecule has 0 aliphatic heterocycles. The van der Waals surface area contributed by atoms with E-state index in [4.69, 9.17) is 4.74 Å². The Hall–Kier alpha value is -1.88. The van der Waals surface area contributed by atoms with Crippen LogP contribution in [0.2, 0.25) is 0 Å². The molecule has 0 saturated heterocycles. The van der Waals surface area contributed by atoms with Gasteiger partial charge in [0, 0.05) is 13.1 Å². The number of nitrogens with one attached hydrogen (secondary N) is 1. The second-order valence-corrected chi connectivity index (χ2v) is 5.28. The zero-order valence-corrected chi connectivity index (χ0v) is 13.3. The van der Waals surface area contributed by atoms with Crippen molar-refractivity contribution in [2.75, 3.05) is 7.05 Å². The maximum absolute atomic E-state index is 5.99. The SMILES string of the molecule is CCCn1ncnc1COc1c(C)cc(CNC)cc1C. The molecule has 5 heteroatoms. The number of hydrogen-bond donors (Lipinski definition) is 1. The van der Waals surface area contributed by atoms with Crippen molar-refractivity contribution in [2.24, 2.45) is 0 Å². The van der Waals surface area contributed by atoms with Crippen molar-refractivity contribution < 1.29 is 4.74 Å². The molecule has 0 fully saturated rings. The van der Waals surface area contributed by atoms with Gasteiger partial charge in [0.15, 0.2) is 5.82 Å². The monoisotopic (exact) mass is 288 g/mol. The third-order valence-electron chi connectivity index (χ3n) is 3.38. The fraction of sp³-hybridized carbons (Fsp3) is 0.500. The summed E-state index contributed by atoms with van der Waals surface area (Å²) in [5, 5.41) is 7.39. The van der Waals surface area contributed by atoms with Crippen LogP contribution >= 0.6 is 0 Å². The Balaban J connectivity index is 2.11. The second kappa shape index (κ2) is 7.22. The van der Waals surface area contributed by atoms with Crippen LogP contribution in [0.15, 0.2) is 18.5 Å². The van der Waals surface area contributed by atoms with Gasteiger partial charge in [0.2, 0.25) is 0 Å². The molecular formula is C16H24N4O. The lowest BCUT2D eigenvalue weighted by atomic mass is 10.1. The molecule has 0 bridgehead atoms. The highest BCUT2D eigenvalue weighted by molar-refractivity contribution is 5.43. The quantitative estimate of drug-likeness (QED) is 0.851. The molecule has 21 heavy (non-hydrogen) atoms. The molecular weight excluding hydrogens is 264 g/mol. The number of hydrogen-bond acceptors (Lipinski definition) is 4. The molecule has 0 radical (unpaired) electrons. The van der Waals surface area contributed by atoms with E-state index in [0.717, 1.165) is 42.2 Å². The summed E-state index contributed by atoms with van der Waals surface area (Å²) in [6, 6.07) is 4.32. The molecule has 0 saturated carbocycles. The Kier molecular flexibility index (Phi) is 5.33. The summed E-state index contributed by atoms with van der Waals surface area (Å²) in [7, 11) is 1.95. The van der Waals surface area contributed by atoms with E-state index in [1.807, 2.05) is 11.7 Å². The van der Waals surface area contributed by atoms with Gasteiger partial charge in [0.05, 0.1) is 0 Å².